The van der Waals surface area contributed by atoms with Gasteiger partial charge in [-0.25, -0.2) is 4.79 Å². The molecule has 0 spiro atoms. The summed E-state index contributed by atoms with van der Waals surface area (Å²) in [6.45, 7) is 5.73. The number of aliphatic hydroxyl groups is 1. The lowest BCUT2D eigenvalue weighted by molar-refractivity contribution is 0.206. The zero-order valence-corrected chi connectivity index (χ0v) is 11.5. The van der Waals surface area contributed by atoms with Crippen LogP contribution in [0.1, 0.15) is 26.7 Å². The van der Waals surface area contributed by atoms with Crippen molar-refractivity contribution in [3.05, 3.63) is 12.4 Å². The first kappa shape index (κ1) is 13.9. The van der Waals surface area contributed by atoms with Crippen molar-refractivity contribution in [2.75, 3.05) is 18.5 Å². The van der Waals surface area contributed by atoms with Gasteiger partial charge in [0.1, 0.15) is 0 Å². The molecule has 0 unspecified atom stereocenters. The van der Waals surface area contributed by atoms with E-state index >= 15 is 0 Å². The van der Waals surface area contributed by atoms with Crippen LogP contribution in [0.25, 0.3) is 0 Å². The summed E-state index contributed by atoms with van der Waals surface area (Å²) in [6, 6.07) is -0.246. The zero-order chi connectivity index (χ0) is 13.9. The second-order valence-electron chi connectivity index (χ2n) is 5.81. The molecule has 1 saturated carbocycles. The highest BCUT2D eigenvalue weighted by Gasteiger charge is 2.42. The molecule has 6 nitrogen and oxygen atoms in total. The van der Waals surface area contributed by atoms with Gasteiger partial charge in [-0.3, -0.25) is 4.68 Å². The van der Waals surface area contributed by atoms with Gasteiger partial charge in [-0.1, -0.05) is 13.8 Å². The maximum absolute atomic E-state index is 11.7. The average Bonchev–Trinajstić information content (AvgIpc) is 3.02. The molecule has 2 rings (SSSR count). The van der Waals surface area contributed by atoms with Crippen LogP contribution in [0.15, 0.2) is 12.4 Å². The fourth-order valence-corrected chi connectivity index (χ4v) is 1.91. The highest BCUT2D eigenvalue weighted by atomic mass is 16.3. The molecular formula is C13H22N4O2. The molecule has 106 valence electrons. The summed E-state index contributed by atoms with van der Waals surface area (Å²) < 4.78 is 1.82. The summed E-state index contributed by atoms with van der Waals surface area (Å²) in [5.41, 5.74) is 0.617. The van der Waals surface area contributed by atoms with Crippen molar-refractivity contribution in [2.45, 2.75) is 33.2 Å². The first-order chi connectivity index (χ1) is 9.03. The van der Waals surface area contributed by atoms with Gasteiger partial charge in [-0.15, -0.1) is 0 Å². The number of anilines is 1. The summed E-state index contributed by atoms with van der Waals surface area (Å²) in [5, 5.41) is 18.9. The number of rotatable bonds is 6. The molecule has 1 aliphatic rings. The van der Waals surface area contributed by atoms with E-state index < -0.39 is 0 Å². The fourth-order valence-electron chi connectivity index (χ4n) is 1.91. The molecule has 2 amide bonds. The Hall–Kier alpha value is -1.56. The number of urea groups is 1. The first-order valence-corrected chi connectivity index (χ1v) is 6.71. The predicted molar refractivity (Wildman–Crippen MR) is 72.8 cm³/mol. The van der Waals surface area contributed by atoms with Crippen LogP contribution in [0, 0.1) is 11.3 Å². The molecule has 0 atom stereocenters. The van der Waals surface area contributed by atoms with Gasteiger partial charge in [0, 0.05) is 24.7 Å². The minimum Gasteiger partial charge on any atom is -0.396 e. The number of aromatic nitrogens is 2. The van der Waals surface area contributed by atoms with Gasteiger partial charge in [-0.2, -0.15) is 5.10 Å². The van der Waals surface area contributed by atoms with Crippen molar-refractivity contribution in [2.24, 2.45) is 11.3 Å². The van der Waals surface area contributed by atoms with Crippen molar-refractivity contribution in [1.82, 2.24) is 15.1 Å². The zero-order valence-electron chi connectivity index (χ0n) is 11.5. The van der Waals surface area contributed by atoms with Crippen LogP contribution in [-0.4, -0.2) is 34.1 Å². The van der Waals surface area contributed by atoms with Crippen LogP contribution in [0.4, 0.5) is 10.5 Å². The number of carbonyl (C=O) groups excluding carboxylic acids is 1. The Bertz CT molecular complexity index is 438. The quantitative estimate of drug-likeness (QED) is 0.729. The molecule has 0 radical (unpaired) electrons. The van der Waals surface area contributed by atoms with E-state index in [4.69, 9.17) is 5.11 Å². The van der Waals surface area contributed by atoms with E-state index in [1.807, 2.05) is 10.9 Å². The van der Waals surface area contributed by atoms with Gasteiger partial charge in [0.15, 0.2) is 0 Å². The van der Waals surface area contributed by atoms with Crippen molar-refractivity contribution in [3.8, 4) is 0 Å². The molecule has 1 aromatic heterocycles. The van der Waals surface area contributed by atoms with Gasteiger partial charge in [0.05, 0.1) is 18.5 Å². The maximum atomic E-state index is 11.7. The van der Waals surface area contributed by atoms with E-state index in [-0.39, 0.29) is 18.1 Å². The summed E-state index contributed by atoms with van der Waals surface area (Å²) >= 11 is 0. The average molecular weight is 266 g/mol. The largest absolute Gasteiger partial charge is 0.396 e. The molecule has 0 aromatic carbocycles. The van der Waals surface area contributed by atoms with E-state index in [9.17, 15) is 4.79 Å². The van der Waals surface area contributed by atoms with Crippen molar-refractivity contribution >= 4 is 11.7 Å². The first-order valence-electron chi connectivity index (χ1n) is 6.71. The second-order valence-corrected chi connectivity index (χ2v) is 5.81. The van der Waals surface area contributed by atoms with Crippen molar-refractivity contribution in [3.63, 3.8) is 0 Å². The summed E-state index contributed by atoms with van der Waals surface area (Å²) in [6.07, 6.45) is 5.42. The lowest BCUT2D eigenvalue weighted by Gasteiger charge is -2.12. The maximum Gasteiger partial charge on any atom is 0.319 e. The Labute approximate surface area is 113 Å². The third-order valence-electron chi connectivity index (χ3n) is 3.36. The highest BCUT2D eigenvalue weighted by molar-refractivity contribution is 5.88. The van der Waals surface area contributed by atoms with E-state index in [0.717, 1.165) is 19.4 Å². The Morgan fingerprint density at radius 3 is 2.89 bits per heavy atom. The topological polar surface area (TPSA) is 79.2 Å². The molecule has 0 bridgehead atoms. The van der Waals surface area contributed by atoms with Gasteiger partial charge < -0.3 is 15.7 Å². The number of hydrogen-bond donors (Lipinski definition) is 3. The van der Waals surface area contributed by atoms with Crippen LogP contribution in [0.5, 0.6) is 0 Å². The smallest absolute Gasteiger partial charge is 0.319 e. The van der Waals surface area contributed by atoms with Crippen LogP contribution in [0.2, 0.25) is 0 Å². The van der Waals surface area contributed by atoms with Gasteiger partial charge >= 0.3 is 6.03 Å². The molecule has 6 heteroatoms. The monoisotopic (exact) mass is 266 g/mol. The van der Waals surface area contributed by atoms with Crippen molar-refractivity contribution < 1.29 is 9.90 Å². The molecule has 1 aliphatic carbocycles. The molecule has 0 aliphatic heterocycles. The van der Waals surface area contributed by atoms with E-state index in [0.29, 0.717) is 18.2 Å². The molecule has 0 saturated heterocycles. The minimum atomic E-state index is -0.246. The number of hydrogen-bond acceptors (Lipinski definition) is 3. The van der Waals surface area contributed by atoms with E-state index in [1.54, 1.807) is 6.20 Å². The lowest BCUT2D eigenvalue weighted by Crippen LogP contribution is -2.34. The summed E-state index contributed by atoms with van der Waals surface area (Å²) in [7, 11) is 0. The number of nitrogens with one attached hydrogen (secondary N) is 2. The van der Waals surface area contributed by atoms with E-state index in [2.05, 4.69) is 29.6 Å². The highest BCUT2D eigenvalue weighted by Crippen LogP contribution is 2.44. The Morgan fingerprint density at radius 2 is 2.32 bits per heavy atom. The predicted octanol–water partition coefficient (Wildman–Crippen LogP) is 1.43. The number of amides is 2. The minimum absolute atomic E-state index is 0.0703. The number of nitrogens with zero attached hydrogens (tertiary/aromatic N) is 2. The molecular weight excluding hydrogens is 244 g/mol. The normalized spacial score (nSPS) is 16.4. The van der Waals surface area contributed by atoms with Crippen LogP contribution < -0.4 is 10.6 Å². The molecule has 3 N–H and O–H groups in total. The Balaban J connectivity index is 1.77. The number of carbonyl (C=O) groups is 1. The summed E-state index contributed by atoms with van der Waals surface area (Å²) in [5.74, 6) is 0.515. The van der Waals surface area contributed by atoms with Crippen LogP contribution in [-0.2, 0) is 6.54 Å². The van der Waals surface area contributed by atoms with Crippen molar-refractivity contribution in [1.29, 1.82) is 0 Å². The molecule has 1 heterocycles. The fraction of sp³-hybridized carbons (Fsp3) is 0.692. The summed E-state index contributed by atoms with van der Waals surface area (Å²) in [4.78, 5) is 11.7. The second kappa shape index (κ2) is 5.61. The Morgan fingerprint density at radius 1 is 1.58 bits per heavy atom. The Kier molecular flexibility index (Phi) is 4.09. The van der Waals surface area contributed by atoms with Crippen LogP contribution >= 0.6 is 0 Å². The van der Waals surface area contributed by atoms with Gasteiger partial charge in [0.25, 0.3) is 0 Å². The standard InChI is InChI=1S/C13H22N4O2/c1-10(2)6-17-7-11(5-15-17)16-12(19)14-8-13(9-18)3-4-13/h5,7,10,18H,3-4,6,8-9H2,1-2H3,(H2,14,16,19). The molecule has 1 fully saturated rings. The molecule has 1 aromatic rings. The van der Waals surface area contributed by atoms with Gasteiger partial charge in [-0.05, 0) is 18.8 Å². The third-order valence-corrected chi connectivity index (χ3v) is 3.36. The molecule has 19 heavy (non-hydrogen) atoms. The number of aliphatic hydroxyl groups excluding tert-OH is 1. The van der Waals surface area contributed by atoms with Gasteiger partial charge in [0.2, 0.25) is 0 Å². The third kappa shape index (κ3) is 3.96. The van der Waals surface area contributed by atoms with Crippen LogP contribution in [0.3, 0.4) is 0 Å². The SMILES string of the molecule is CC(C)Cn1cc(NC(=O)NCC2(CO)CC2)cn1. The van der Waals surface area contributed by atoms with E-state index in [1.165, 1.54) is 0 Å². The lowest BCUT2D eigenvalue weighted by atomic mass is 10.1.